The van der Waals surface area contributed by atoms with Crippen LogP contribution in [0.4, 0.5) is 4.79 Å². The molecule has 1 aromatic carbocycles. The summed E-state index contributed by atoms with van der Waals surface area (Å²) in [7, 11) is 0. The Hall–Kier alpha value is -2.41. The molecule has 1 unspecified atom stereocenters. The molecule has 1 fully saturated rings. The van der Waals surface area contributed by atoms with Crippen molar-refractivity contribution in [3.8, 4) is 5.75 Å². The van der Waals surface area contributed by atoms with Crippen LogP contribution < -0.4 is 15.4 Å². The van der Waals surface area contributed by atoms with Gasteiger partial charge in [0.05, 0.1) is 6.54 Å². The molecular formula is C14H17N5O2. The van der Waals surface area contributed by atoms with Gasteiger partial charge in [-0.1, -0.05) is 18.2 Å². The lowest BCUT2D eigenvalue weighted by molar-refractivity contribution is 0.199. The Morgan fingerprint density at radius 3 is 3.00 bits per heavy atom. The van der Waals surface area contributed by atoms with Crippen molar-refractivity contribution in [3.63, 3.8) is 0 Å². The maximum absolute atomic E-state index is 11.6. The Labute approximate surface area is 122 Å². The molecule has 0 radical (unpaired) electrons. The van der Waals surface area contributed by atoms with Crippen LogP contribution in [0.1, 0.15) is 24.0 Å². The fraction of sp³-hybridized carbons (Fsp3) is 0.357. The van der Waals surface area contributed by atoms with Gasteiger partial charge in [-0.05, 0) is 25.1 Å². The lowest BCUT2D eigenvalue weighted by Crippen LogP contribution is -2.26. The standard InChI is InChI=1S/C14H17N5O2/c20-14(21-11-4-2-1-3-5-11)16-9-12-17-13(19-18-12)10-6-7-15-8-10/h1-5,10,15H,6-9H2,(H,16,20)(H,17,18,19). The number of aromatic nitrogens is 3. The van der Waals surface area contributed by atoms with E-state index in [0.717, 1.165) is 25.3 Å². The van der Waals surface area contributed by atoms with Crippen LogP contribution in [-0.2, 0) is 6.54 Å². The minimum atomic E-state index is -0.512. The molecule has 1 atom stereocenters. The molecule has 2 heterocycles. The summed E-state index contributed by atoms with van der Waals surface area (Å²) in [4.78, 5) is 16.0. The Kier molecular flexibility index (Phi) is 4.11. The van der Waals surface area contributed by atoms with Gasteiger partial charge in [0.25, 0.3) is 0 Å². The van der Waals surface area contributed by atoms with Gasteiger partial charge in [-0.15, -0.1) is 0 Å². The fourth-order valence-electron chi connectivity index (χ4n) is 2.23. The summed E-state index contributed by atoms with van der Waals surface area (Å²) in [5.74, 6) is 2.28. The summed E-state index contributed by atoms with van der Waals surface area (Å²) in [6.07, 6.45) is 0.530. The van der Waals surface area contributed by atoms with Crippen LogP contribution in [0.5, 0.6) is 5.75 Å². The van der Waals surface area contributed by atoms with Gasteiger partial charge in [0.1, 0.15) is 11.6 Å². The maximum Gasteiger partial charge on any atom is 0.412 e. The van der Waals surface area contributed by atoms with Gasteiger partial charge >= 0.3 is 6.09 Å². The van der Waals surface area contributed by atoms with Crippen LogP contribution in [-0.4, -0.2) is 34.4 Å². The number of nitrogens with zero attached hydrogens (tertiary/aromatic N) is 2. The van der Waals surface area contributed by atoms with E-state index in [1.165, 1.54) is 0 Å². The molecule has 7 heteroatoms. The van der Waals surface area contributed by atoms with Crippen molar-refractivity contribution in [2.24, 2.45) is 0 Å². The highest BCUT2D eigenvalue weighted by Gasteiger charge is 2.20. The average molecular weight is 287 g/mol. The van der Waals surface area contributed by atoms with E-state index in [1.54, 1.807) is 24.3 Å². The van der Waals surface area contributed by atoms with Crippen LogP contribution in [0.3, 0.4) is 0 Å². The van der Waals surface area contributed by atoms with Crippen LogP contribution in [0.25, 0.3) is 0 Å². The minimum Gasteiger partial charge on any atom is -0.410 e. The average Bonchev–Trinajstić information content (AvgIpc) is 3.17. The second-order valence-electron chi connectivity index (χ2n) is 4.89. The molecule has 0 saturated carbocycles. The number of H-pyrrole nitrogens is 1. The van der Waals surface area contributed by atoms with Crippen molar-refractivity contribution >= 4 is 6.09 Å². The smallest absolute Gasteiger partial charge is 0.410 e. The van der Waals surface area contributed by atoms with E-state index in [2.05, 4.69) is 25.8 Å². The third-order valence-electron chi connectivity index (χ3n) is 3.33. The topological polar surface area (TPSA) is 91.9 Å². The number of rotatable bonds is 4. The second-order valence-corrected chi connectivity index (χ2v) is 4.89. The predicted molar refractivity (Wildman–Crippen MR) is 75.9 cm³/mol. The van der Waals surface area contributed by atoms with Crippen molar-refractivity contribution in [1.82, 2.24) is 25.8 Å². The van der Waals surface area contributed by atoms with Gasteiger partial charge in [0, 0.05) is 12.5 Å². The number of ether oxygens (including phenoxy) is 1. The number of carbonyl (C=O) groups excluding carboxylic acids is 1. The normalized spacial score (nSPS) is 17.6. The van der Waals surface area contributed by atoms with E-state index >= 15 is 0 Å². The molecular weight excluding hydrogens is 270 g/mol. The number of hydrogen-bond donors (Lipinski definition) is 3. The van der Waals surface area contributed by atoms with Crippen LogP contribution in [0, 0.1) is 0 Å². The minimum absolute atomic E-state index is 0.263. The van der Waals surface area contributed by atoms with Gasteiger partial charge in [0.2, 0.25) is 0 Å². The molecule has 1 amide bonds. The number of hydrogen-bond acceptors (Lipinski definition) is 5. The maximum atomic E-state index is 11.6. The molecule has 0 bridgehead atoms. The van der Waals surface area contributed by atoms with Gasteiger partial charge in [0.15, 0.2) is 5.82 Å². The zero-order chi connectivity index (χ0) is 14.5. The van der Waals surface area contributed by atoms with Crippen molar-refractivity contribution < 1.29 is 9.53 Å². The third-order valence-corrected chi connectivity index (χ3v) is 3.33. The first-order valence-electron chi connectivity index (χ1n) is 6.94. The molecule has 1 aliphatic rings. The highest BCUT2D eigenvalue weighted by Crippen LogP contribution is 2.18. The van der Waals surface area contributed by atoms with E-state index < -0.39 is 6.09 Å². The van der Waals surface area contributed by atoms with Crippen molar-refractivity contribution in [3.05, 3.63) is 42.0 Å². The molecule has 21 heavy (non-hydrogen) atoms. The van der Waals surface area contributed by atoms with E-state index in [4.69, 9.17) is 4.74 Å². The third kappa shape index (κ3) is 3.57. The lowest BCUT2D eigenvalue weighted by atomic mass is 10.1. The van der Waals surface area contributed by atoms with Crippen LogP contribution in [0.2, 0.25) is 0 Å². The summed E-state index contributed by atoms with van der Waals surface area (Å²) in [6.45, 7) is 2.16. The van der Waals surface area contributed by atoms with E-state index in [9.17, 15) is 4.79 Å². The molecule has 110 valence electrons. The zero-order valence-corrected chi connectivity index (χ0v) is 11.5. The van der Waals surface area contributed by atoms with Crippen LogP contribution >= 0.6 is 0 Å². The summed E-state index contributed by atoms with van der Waals surface area (Å²) in [6, 6.07) is 8.92. The molecule has 3 N–H and O–H groups in total. The number of aromatic amines is 1. The number of para-hydroxylation sites is 1. The summed E-state index contributed by atoms with van der Waals surface area (Å²) in [5, 5.41) is 12.9. The fourth-order valence-corrected chi connectivity index (χ4v) is 2.23. The van der Waals surface area contributed by atoms with E-state index in [0.29, 0.717) is 17.5 Å². The van der Waals surface area contributed by atoms with Crippen molar-refractivity contribution in [2.75, 3.05) is 13.1 Å². The first-order valence-corrected chi connectivity index (χ1v) is 6.94. The van der Waals surface area contributed by atoms with E-state index in [-0.39, 0.29) is 6.54 Å². The highest BCUT2D eigenvalue weighted by molar-refractivity contribution is 5.70. The summed E-state index contributed by atoms with van der Waals surface area (Å²) >= 11 is 0. The molecule has 7 nitrogen and oxygen atoms in total. The number of benzene rings is 1. The number of carbonyl (C=O) groups is 1. The van der Waals surface area contributed by atoms with E-state index in [1.807, 2.05) is 6.07 Å². The summed E-state index contributed by atoms with van der Waals surface area (Å²) in [5.41, 5.74) is 0. The zero-order valence-electron chi connectivity index (χ0n) is 11.5. The quantitative estimate of drug-likeness (QED) is 0.785. The van der Waals surface area contributed by atoms with Crippen LogP contribution in [0.15, 0.2) is 30.3 Å². The Morgan fingerprint density at radius 1 is 1.38 bits per heavy atom. The number of nitrogens with one attached hydrogen (secondary N) is 3. The first-order chi connectivity index (χ1) is 10.3. The SMILES string of the molecule is O=C(NCc1nc(C2CCNC2)n[nH]1)Oc1ccccc1. The predicted octanol–water partition coefficient (Wildman–Crippen LogP) is 1.17. The molecule has 1 aromatic heterocycles. The van der Waals surface area contributed by atoms with Crippen molar-refractivity contribution in [1.29, 1.82) is 0 Å². The first kappa shape index (κ1) is 13.6. The highest BCUT2D eigenvalue weighted by atomic mass is 16.6. The van der Waals surface area contributed by atoms with Gasteiger partial charge in [-0.2, -0.15) is 5.10 Å². The van der Waals surface area contributed by atoms with Gasteiger partial charge < -0.3 is 15.4 Å². The largest absolute Gasteiger partial charge is 0.412 e. The molecule has 0 aliphatic carbocycles. The molecule has 3 rings (SSSR count). The molecule has 0 spiro atoms. The molecule has 2 aromatic rings. The molecule has 1 saturated heterocycles. The monoisotopic (exact) mass is 287 g/mol. The number of amides is 1. The Balaban J connectivity index is 1.49. The molecule has 1 aliphatic heterocycles. The summed E-state index contributed by atoms with van der Waals surface area (Å²) < 4.78 is 5.12. The second kappa shape index (κ2) is 6.36. The lowest BCUT2D eigenvalue weighted by Gasteiger charge is -2.04. The van der Waals surface area contributed by atoms with Crippen molar-refractivity contribution in [2.45, 2.75) is 18.9 Å². The Bertz CT molecular complexity index is 592. The van der Waals surface area contributed by atoms with Gasteiger partial charge in [-0.3, -0.25) is 5.10 Å². The Morgan fingerprint density at radius 2 is 2.24 bits per heavy atom. The van der Waals surface area contributed by atoms with Gasteiger partial charge in [-0.25, -0.2) is 9.78 Å².